The fourth-order valence-electron chi connectivity index (χ4n) is 3.74. The van der Waals surface area contributed by atoms with E-state index in [9.17, 15) is 18.0 Å². The van der Waals surface area contributed by atoms with Gasteiger partial charge in [0, 0.05) is 23.8 Å². The first-order chi connectivity index (χ1) is 12.3. The lowest BCUT2D eigenvalue weighted by Gasteiger charge is -2.33. The van der Waals surface area contributed by atoms with Gasteiger partial charge in [0.25, 0.3) is 5.91 Å². The summed E-state index contributed by atoms with van der Waals surface area (Å²) in [6.45, 7) is 4.71. The number of hydrogen-bond donors (Lipinski definition) is 1. The molecule has 2 unspecified atom stereocenters. The number of amides is 2. The second kappa shape index (κ2) is 7.39. The number of nitrogens with zero attached hydrogens (tertiary/aromatic N) is 1. The maximum absolute atomic E-state index is 12.7. The molecule has 1 aromatic rings. The molecule has 0 bridgehead atoms. The van der Waals surface area contributed by atoms with Crippen molar-refractivity contribution in [2.24, 2.45) is 5.92 Å². The van der Waals surface area contributed by atoms with E-state index in [0.717, 1.165) is 31.4 Å². The Kier molecular flexibility index (Phi) is 5.37. The van der Waals surface area contributed by atoms with Crippen LogP contribution >= 0.6 is 0 Å². The van der Waals surface area contributed by atoms with E-state index in [1.54, 1.807) is 18.2 Å². The minimum Gasteiger partial charge on any atom is -0.336 e. The lowest BCUT2D eigenvalue weighted by Crippen LogP contribution is -2.42. The van der Waals surface area contributed by atoms with Crippen LogP contribution in [-0.2, 0) is 14.6 Å². The maximum Gasteiger partial charge on any atom is 0.254 e. The fraction of sp³-hybridized carbons (Fsp3) is 0.579. The number of piperidine rings is 1. The Morgan fingerprint density at radius 1 is 1.19 bits per heavy atom. The molecule has 6 nitrogen and oxygen atoms in total. The van der Waals surface area contributed by atoms with Gasteiger partial charge in [-0.05, 0) is 63.3 Å². The molecule has 0 aromatic heterocycles. The Bertz CT molecular complexity index is 819. The Hall–Kier alpha value is -1.89. The first-order valence-electron chi connectivity index (χ1n) is 9.20. The Morgan fingerprint density at radius 2 is 1.96 bits per heavy atom. The largest absolute Gasteiger partial charge is 0.336 e. The van der Waals surface area contributed by atoms with Gasteiger partial charge < -0.3 is 10.2 Å². The van der Waals surface area contributed by atoms with Gasteiger partial charge in [-0.1, -0.05) is 0 Å². The fourth-order valence-corrected chi connectivity index (χ4v) is 5.48. The van der Waals surface area contributed by atoms with Crippen LogP contribution in [0.5, 0.6) is 0 Å². The Balaban J connectivity index is 1.69. The molecule has 0 spiro atoms. The molecular formula is C19H26N2O4S. The molecule has 1 aromatic carbocycles. The average Bonchev–Trinajstić information content (AvgIpc) is 2.96. The molecule has 2 heterocycles. The summed E-state index contributed by atoms with van der Waals surface area (Å²) in [5.41, 5.74) is 2.05. The molecule has 2 saturated heterocycles. The molecule has 2 aliphatic rings. The molecule has 1 N–H and O–H groups in total. The molecule has 2 amide bonds. The molecule has 26 heavy (non-hydrogen) atoms. The van der Waals surface area contributed by atoms with E-state index in [1.165, 1.54) is 0 Å². The number of carbonyl (C=O) groups excluding carboxylic acids is 2. The summed E-state index contributed by atoms with van der Waals surface area (Å²) >= 11 is 0. The highest BCUT2D eigenvalue weighted by Crippen LogP contribution is 2.24. The summed E-state index contributed by atoms with van der Waals surface area (Å²) in [4.78, 5) is 27.0. The van der Waals surface area contributed by atoms with Crippen molar-refractivity contribution in [2.75, 3.05) is 23.4 Å². The molecule has 0 radical (unpaired) electrons. The van der Waals surface area contributed by atoms with Crippen molar-refractivity contribution in [2.45, 2.75) is 45.6 Å². The van der Waals surface area contributed by atoms with Gasteiger partial charge in [-0.2, -0.15) is 0 Å². The highest BCUT2D eigenvalue weighted by atomic mass is 32.2. The van der Waals surface area contributed by atoms with Gasteiger partial charge in [0.2, 0.25) is 5.91 Å². The van der Waals surface area contributed by atoms with Gasteiger partial charge in [0.1, 0.15) is 0 Å². The average molecular weight is 378 g/mol. The number of anilines is 1. The van der Waals surface area contributed by atoms with E-state index in [1.807, 2.05) is 11.8 Å². The van der Waals surface area contributed by atoms with Crippen LogP contribution in [0.4, 0.5) is 5.69 Å². The van der Waals surface area contributed by atoms with Crippen LogP contribution in [0.15, 0.2) is 18.2 Å². The lowest BCUT2D eigenvalue weighted by molar-refractivity contribution is -0.119. The van der Waals surface area contributed by atoms with Crippen molar-refractivity contribution in [1.29, 1.82) is 0 Å². The van der Waals surface area contributed by atoms with Crippen molar-refractivity contribution in [3.05, 3.63) is 29.3 Å². The second-order valence-electron chi connectivity index (χ2n) is 7.46. The molecule has 2 aliphatic heterocycles. The maximum atomic E-state index is 12.7. The number of nitrogens with one attached hydrogen (secondary N) is 1. The van der Waals surface area contributed by atoms with Crippen LogP contribution in [0.3, 0.4) is 0 Å². The molecule has 3 rings (SSSR count). The van der Waals surface area contributed by atoms with E-state index in [0.29, 0.717) is 17.7 Å². The first-order valence-corrected chi connectivity index (χ1v) is 11.0. The van der Waals surface area contributed by atoms with E-state index in [2.05, 4.69) is 12.2 Å². The first kappa shape index (κ1) is 18.9. The van der Waals surface area contributed by atoms with Crippen LogP contribution in [-0.4, -0.2) is 49.2 Å². The number of hydrogen-bond acceptors (Lipinski definition) is 4. The molecule has 0 aliphatic carbocycles. The van der Waals surface area contributed by atoms with Crippen LogP contribution in [0, 0.1) is 12.8 Å². The van der Waals surface area contributed by atoms with Crippen molar-refractivity contribution >= 4 is 27.3 Å². The Morgan fingerprint density at radius 3 is 2.58 bits per heavy atom. The number of likely N-dealkylation sites (tertiary alicyclic amines) is 1. The summed E-state index contributed by atoms with van der Waals surface area (Å²) in [6, 6.07) is 5.51. The number of aryl methyl sites for hydroxylation is 1. The van der Waals surface area contributed by atoms with E-state index >= 15 is 0 Å². The number of rotatable bonds is 3. The summed E-state index contributed by atoms with van der Waals surface area (Å²) in [6.07, 6.45) is 3.60. The van der Waals surface area contributed by atoms with Crippen molar-refractivity contribution < 1.29 is 18.0 Å². The topological polar surface area (TPSA) is 83.6 Å². The number of carbonyl (C=O) groups is 2. The number of benzene rings is 1. The van der Waals surface area contributed by atoms with Gasteiger partial charge >= 0.3 is 0 Å². The summed E-state index contributed by atoms with van der Waals surface area (Å²) in [7, 11) is -3.09. The third-order valence-electron chi connectivity index (χ3n) is 5.40. The monoisotopic (exact) mass is 378 g/mol. The van der Waals surface area contributed by atoms with Gasteiger partial charge in [0.15, 0.2) is 9.84 Å². The molecular weight excluding hydrogens is 352 g/mol. The molecule has 7 heteroatoms. The lowest BCUT2D eigenvalue weighted by atomic mass is 10.0. The zero-order chi connectivity index (χ0) is 18.9. The van der Waals surface area contributed by atoms with Crippen molar-refractivity contribution in [3.63, 3.8) is 0 Å². The van der Waals surface area contributed by atoms with E-state index < -0.39 is 15.8 Å². The predicted molar refractivity (Wildman–Crippen MR) is 101 cm³/mol. The normalized spacial score (nSPS) is 25.1. The second-order valence-corrected chi connectivity index (χ2v) is 9.69. The molecule has 2 fully saturated rings. The van der Waals surface area contributed by atoms with E-state index in [4.69, 9.17) is 0 Å². The number of sulfone groups is 1. The zero-order valence-electron chi connectivity index (χ0n) is 15.3. The van der Waals surface area contributed by atoms with Gasteiger partial charge in [-0.15, -0.1) is 0 Å². The van der Waals surface area contributed by atoms with Gasteiger partial charge in [0.05, 0.1) is 17.4 Å². The van der Waals surface area contributed by atoms with Crippen LogP contribution < -0.4 is 5.32 Å². The standard InChI is InChI=1S/C19H26N2O4S/c1-13-11-15(19(23)21-9-4-3-5-14(21)2)6-7-17(13)20-18(22)16-8-10-26(24,25)12-16/h6-7,11,14,16H,3-5,8-10,12H2,1-2H3,(H,20,22). The zero-order valence-corrected chi connectivity index (χ0v) is 16.1. The van der Waals surface area contributed by atoms with Crippen molar-refractivity contribution in [1.82, 2.24) is 4.90 Å². The molecule has 142 valence electrons. The minimum absolute atomic E-state index is 0.0278. The summed E-state index contributed by atoms with van der Waals surface area (Å²) in [5, 5.41) is 2.82. The van der Waals surface area contributed by atoms with Gasteiger partial charge in [-0.3, -0.25) is 9.59 Å². The SMILES string of the molecule is Cc1cc(C(=O)N2CCCCC2C)ccc1NC(=O)C1CCS(=O)(=O)C1. The molecule has 2 atom stereocenters. The third kappa shape index (κ3) is 4.09. The van der Waals surface area contributed by atoms with E-state index in [-0.39, 0.29) is 29.4 Å². The highest BCUT2D eigenvalue weighted by molar-refractivity contribution is 7.91. The third-order valence-corrected chi connectivity index (χ3v) is 7.17. The van der Waals surface area contributed by atoms with Crippen LogP contribution in [0.1, 0.15) is 48.5 Å². The highest BCUT2D eigenvalue weighted by Gasteiger charge is 2.33. The summed E-state index contributed by atoms with van der Waals surface area (Å²) < 4.78 is 23.1. The predicted octanol–water partition coefficient (Wildman–Crippen LogP) is 2.38. The van der Waals surface area contributed by atoms with Crippen molar-refractivity contribution in [3.8, 4) is 0 Å². The summed E-state index contributed by atoms with van der Waals surface area (Å²) in [5.74, 6) is -0.736. The van der Waals surface area contributed by atoms with Crippen LogP contribution in [0.2, 0.25) is 0 Å². The molecule has 0 saturated carbocycles. The quantitative estimate of drug-likeness (QED) is 0.875. The van der Waals surface area contributed by atoms with Gasteiger partial charge in [-0.25, -0.2) is 8.42 Å². The van der Waals surface area contributed by atoms with Crippen LogP contribution in [0.25, 0.3) is 0 Å². The Labute approximate surface area is 154 Å². The minimum atomic E-state index is -3.09. The smallest absolute Gasteiger partial charge is 0.254 e.